The molecule has 6 nitrogen and oxygen atoms in total. The van der Waals surface area contributed by atoms with Crippen LogP contribution >= 0.6 is 0 Å². The van der Waals surface area contributed by atoms with Gasteiger partial charge in [0, 0.05) is 12.0 Å². The lowest BCUT2D eigenvalue weighted by Gasteiger charge is -2.16. The van der Waals surface area contributed by atoms with E-state index >= 15 is 0 Å². The Labute approximate surface area is 76.0 Å². The van der Waals surface area contributed by atoms with E-state index in [2.05, 4.69) is 4.84 Å². The molecule has 0 heterocycles. The minimum Gasteiger partial charge on any atom is -0.479 e. The average molecular weight is 190 g/mol. The molecule has 0 rings (SSSR count). The van der Waals surface area contributed by atoms with Crippen molar-refractivity contribution in [2.24, 2.45) is 5.73 Å². The van der Waals surface area contributed by atoms with Crippen LogP contribution in [-0.2, 0) is 14.4 Å². The van der Waals surface area contributed by atoms with Gasteiger partial charge in [0.2, 0.25) is 5.91 Å². The molecule has 0 spiro atoms. The lowest BCUT2D eigenvalue weighted by molar-refractivity contribution is -0.149. The van der Waals surface area contributed by atoms with Crippen LogP contribution in [0.3, 0.4) is 0 Å². The number of nitrogens with one attached hydrogen (secondary N) is 1. The quantitative estimate of drug-likeness (QED) is 0.495. The summed E-state index contributed by atoms with van der Waals surface area (Å²) in [6.45, 7) is 2.81. The van der Waals surface area contributed by atoms with E-state index in [-0.39, 0.29) is 6.42 Å². The standard InChI is InChI=1S/C7H14N2O4/c1-7(2,8)3-5(10)9-13-4-6(11)12/h3-4,8H2,1-2H3,(H,9,10)(H,11,12). The molecule has 13 heavy (non-hydrogen) atoms. The number of hydrogen-bond donors (Lipinski definition) is 3. The molecule has 1 amide bonds. The first-order valence-electron chi connectivity index (χ1n) is 3.72. The van der Waals surface area contributed by atoms with Crippen molar-refractivity contribution in [1.82, 2.24) is 5.48 Å². The summed E-state index contributed by atoms with van der Waals surface area (Å²) >= 11 is 0. The van der Waals surface area contributed by atoms with Gasteiger partial charge in [-0.3, -0.25) is 9.63 Å². The summed E-state index contributed by atoms with van der Waals surface area (Å²) in [5.74, 6) is -1.58. The van der Waals surface area contributed by atoms with E-state index < -0.39 is 24.0 Å². The lowest BCUT2D eigenvalue weighted by atomic mass is 10.0. The maximum Gasteiger partial charge on any atom is 0.332 e. The zero-order valence-corrected chi connectivity index (χ0v) is 7.66. The van der Waals surface area contributed by atoms with Crippen molar-refractivity contribution in [3.05, 3.63) is 0 Å². The van der Waals surface area contributed by atoms with Gasteiger partial charge in [0.15, 0.2) is 6.61 Å². The second-order valence-corrected chi connectivity index (χ2v) is 3.37. The van der Waals surface area contributed by atoms with Crippen molar-refractivity contribution < 1.29 is 19.5 Å². The number of amides is 1. The predicted molar refractivity (Wildman–Crippen MR) is 44.6 cm³/mol. The van der Waals surface area contributed by atoms with Crippen LogP contribution in [0.2, 0.25) is 0 Å². The van der Waals surface area contributed by atoms with Crippen LogP contribution < -0.4 is 11.2 Å². The monoisotopic (exact) mass is 190 g/mol. The van der Waals surface area contributed by atoms with Crippen LogP contribution in [0.1, 0.15) is 20.3 Å². The van der Waals surface area contributed by atoms with Gasteiger partial charge < -0.3 is 10.8 Å². The van der Waals surface area contributed by atoms with Crippen LogP contribution in [0, 0.1) is 0 Å². The molecule has 4 N–H and O–H groups in total. The molecule has 76 valence electrons. The molecule has 0 aromatic carbocycles. The maximum atomic E-state index is 10.9. The van der Waals surface area contributed by atoms with E-state index in [1.54, 1.807) is 13.8 Å². The molecule has 0 aromatic heterocycles. The number of aliphatic carboxylic acids is 1. The van der Waals surface area contributed by atoms with Crippen LogP contribution in [0.4, 0.5) is 0 Å². The van der Waals surface area contributed by atoms with Gasteiger partial charge in [0.25, 0.3) is 0 Å². The highest BCUT2D eigenvalue weighted by molar-refractivity contribution is 5.76. The minimum absolute atomic E-state index is 0.0760. The third-order valence-corrected chi connectivity index (χ3v) is 0.998. The fraction of sp³-hybridized carbons (Fsp3) is 0.714. The number of carboxylic acids is 1. The number of carboxylic acid groups (broad SMARTS) is 1. The maximum absolute atomic E-state index is 10.9. The predicted octanol–water partition coefficient (Wildman–Crippen LogP) is -0.754. The van der Waals surface area contributed by atoms with E-state index in [1.165, 1.54) is 0 Å². The Bertz CT molecular complexity index is 197. The van der Waals surface area contributed by atoms with Gasteiger partial charge in [-0.1, -0.05) is 0 Å². The lowest BCUT2D eigenvalue weighted by Crippen LogP contribution is -2.39. The third kappa shape index (κ3) is 8.77. The Morgan fingerprint density at radius 2 is 2.08 bits per heavy atom. The Morgan fingerprint density at radius 3 is 2.46 bits per heavy atom. The summed E-state index contributed by atoms with van der Waals surface area (Å²) < 4.78 is 0. The van der Waals surface area contributed by atoms with Gasteiger partial charge in [0.1, 0.15) is 0 Å². The highest BCUT2D eigenvalue weighted by Crippen LogP contribution is 2.02. The molecule has 0 aliphatic heterocycles. The van der Waals surface area contributed by atoms with Crippen molar-refractivity contribution in [1.29, 1.82) is 0 Å². The van der Waals surface area contributed by atoms with Gasteiger partial charge >= 0.3 is 5.97 Å². The van der Waals surface area contributed by atoms with Gasteiger partial charge in [-0.25, -0.2) is 10.3 Å². The first kappa shape index (κ1) is 11.9. The van der Waals surface area contributed by atoms with Crippen molar-refractivity contribution in [3.8, 4) is 0 Å². The molecule has 0 bridgehead atoms. The van der Waals surface area contributed by atoms with Crippen LogP contribution in [0.25, 0.3) is 0 Å². The van der Waals surface area contributed by atoms with Gasteiger partial charge in [-0.2, -0.15) is 0 Å². The Kier molecular flexibility index (Phi) is 4.36. The van der Waals surface area contributed by atoms with E-state index in [9.17, 15) is 9.59 Å². The summed E-state index contributed by atoms with van der Waals surface area (Å²) in [4.78, 5) is 25.2. The minimum atomic E-state index is -1.15. The van der Waals surface area contributed by atoms with Gasteiger partial charge in [0.05, 0.1) is 0 Å². The molecule has 0 aliphatic carbocycles. The molecule has 0 fully saturated rings. The first-order valence-corrected chi connectivity index (χ1v) is 3.72. The zero-order chi connectivity index (χ0) is 10.5. The zero-order valence-electron chi connectivity index (χ0n) is 7.66. The van der Waals surface area contributed by atoms with E-state index in [0.29, 0.717) is 0 Å². The molecule has 0 aliphatic rings. The SMILES string of the molecule is CC(C)(N)CC(=O)NOCC(=O)O. The largest absolute Gasteiger partial charge is 0.479 e. The normalized spacial score (nSPS) is 11.0. The molecule has 0 saturated heterocycles. The molecule has 0 saturated carbocycles. The van der Waals surface area contributed by atoms with Crippen molar-refractivity contribution >= 4 is 11.9 Å². The summed E-state index contributed by atoms with van der Waals surface area (Å²) in [5, 5.41) is 8.16. The fourth-order valence-electron chi connectivity index (χ4n) is 0.628. The Balaban J connectivity index is 3.59. The topological polar surface area (TPSA) is 102 Å². The van der Waals surface area contributed by atoms with E-state index in [4.69, 9.17) is 10.8 Å². The van der Waals surface area contributed by atoms with Crippen LogP contribution in [0.15, 0.2) is 0 Å². The van der Waals surface area contributed by atoms with Crippen molar-refractivity contribution in [2.75, 3.05) is 6.61 Å². The average Bonchev–Trinajstić information content (AvgIpc) is 1.81. The number of rotatable bonds is 5. The second kappa shape index (κ2) is 4.78. The summed E-state index contributed by atoms with van der Waals surface area (Å²) in [5.41, 5.74) is 6.88. The number of carbonyl (C=O) groups excluding carboxylic acids is 1. The summed E-state index contributed by atoms with van der Waals surface area (Å²) in [6, 6.07) is 0. The number of hydroxylamine groups is 1. The highest BCUT2D eigenvalue weighted by atomic mass is 16.7. The highest BCUT2D eigenvalue weighted by Gasteiger charge is 2.16. The summed E-state index contributed by atoms with van der Waals surface area (Å²) in [7, 11) is 0. The first-order chi connectivity index (χ1) is 5.81. The van der Waals surface area contributed by atoms with E-state index in [1.807, 2.05) is 5.48 Å². The van der Waals surface area contributed by atoms with Gasteiger partial charge in [-0.15, -0.1) is 0 Å². The molecular weight excluding hydrogens is 176 g/mol. The molecule has 0 atom stereocenters. The smallest absolute Gasteiger partial charge is 0.332 e. The van der Waals surface area contributed by atoms with Crippen molar-refractivity contribution in [2.45, 2.75) is 25.8 Å². The Hall–Kier alpha value is -1.14. The number of nitrogens with two attached hydrogens (primary N) is 1. The molecule has 6 heteroatoms. The van der Waals surface area contributed by atoms with Crippen molar-refractivity contribution in [3.63, 3.8) is 0 Å². The van der Waals surface area contributed by atoms with E-state index in [0.717, 1.165) is 0 Å². The summed E-state index contributed by atoms with van der Waals surface area (Å²) in [6.07, 6.45) is 0.0760. The molecule has 0 aromatic rings. The number of carbonyl (C=O) groups is 2. The molecule has 0 unspecified atom stereocenters. The third-order valence-electron chi connectivity index (χ3n) is 0.998. The van der Waals surface area contributed by atoms with Gasteiger partial charge in [-0.05, 0) is 13.8 Å². The second-order valence-electron chi connectivity index (χ2n) is 3.37. The molecule has 0 radical (unpaired) electrons. The number of hydrogen-bond acceptors (Lipinski definition) is 4. The Morgan fingerprint density at radius 1 is 1.54 bits per heavy atom. The van der Waals surface area contributed by atoms with Crippen LogP contribution in [-0.4, -0.2) is 29.1 Å². The van der Waals surface area contributed by atoms with Crippen LogP contribution in [0.5, 0.6) is 0 Å². The fourth-order valence-corrected chi connectivity index (χ4v) is 0.628. The molecular formula is C7H14N2O4.